The molecule has 0 fully saturated rings. The second-order valence-electron chi connectivity index (χ2n) is 3.08. The maximum absolute atomic E-state index is 8.25. The summed E-state index contributed by atoms with van der Waals surface area (Å²) >= 11 is 0. The van der Waals surface area contributed by atoms with Crippen molar-refractivity contribution >= 4 is 0 Å². The van der Waals surface area contributed by atoms with Crippen LogP contribution in [0, 0.1) is 0 Å². The number of hydrogen-bond acceptors (Lipinski definition) is 2. The SMILES string of the molecule is CC(N=[N+]=[N-])C(C)Oc1ccccc1. The molecular weight excluding hydrogens is 178 g/mol. The zero-order valence-electron chi connectivity index (χ0n) is 8.29. The minimum atomic E-state index is -0.166. The fraction of sp³-hybridized carbons (Fsp3) is 0.400. The summed E-state index contributed by atoms with van der Waals surface area (Å²) in [4.78, 5) is 2.74. The van der Waals surface area contributed by atoms with E-state index < -0.39 is 0 Å². The molecule has 0 aliphatic rings. The molecule has 2 unspecified atom stereocenters. The van der Waals surface area contributed by atoms with Gasteiger partial charge < -0.3 is 4.74 Å². The largest absolute Gasteiger partial charge is 0.490 e. The van der Waals surface area contributed by atoms with Crippen molar-refractivity contribution in [2.24, 2.45) is 5.11 Å². The number of para-hydroxylation sites is 1. The molecule has 0 aliphatic heterocycles. The van der Waals surface area contributed by atoms with Crippen LogP contribution in [0.15, 0.2) is 35.4 Å². The van der Waals surface area contributed by atoms with Crippen LogP contribution in [0.3, 0.4) is 0 Å². The van der Waals surface area contributed by atoms with Gasteiger partial charge in [-0.3, -0.25) is 0 Å². The van der Waals surface area contributed by atoms with E-state index in [0.717, 1.165) is 5.75 Å². The van der Waals surface area contributed by atoms with Crippen LogP contribution in [-0.2, 0) is 0 Å². The third-order valence-corrected chi connectivity index (χ3v) is 1.98. The zero-order chi connectivity index (χ0) is 10.4. The van der Waals surface area contributed by atoms with E-state index in [4.69, 9.17) is 10.3 Å². The van der Waals surface area contributed by atoms with Crippen LogP contribution in [0.2, 0.25) is 0 Å². The molecule has 1 rings (SSSR count). The molecule has 14 heavy (non-hydrogen) atoms. The molecule has 0 N–H and O–H groups in total. The van der Waals surface area contributed by atoms with Crippen molar-refractivity contribution < 1.29 is 4.74 Å². The van der Waals surface area contributed by atoms with Gasteiger partial charge in [-0.1, -0.05) is 30.2 Å². The average molecular weight is 191 g/mol. The topological polar surface area (TPSA) is 58.0 Å². The van der Waals surface area contributed by atoms with Crippen LogP contribution in [0.5, 0.6) is 5.75 Å². The van der Waals surface area contributed by atoms with Gasteiger partial charge in [0.1, 0.15) is 11.9 Å². The first-order valence-electron chi connectivity index (χ1n) is 4.50. The highest BCUT2D eigenvalue weighted by atomic mass is 16.5. The minimum Gasteiger partial charge on any atom is -0.490 e. The van der Waals surface area contributed by atoms with Gasteiger partial charge >= 0.3 is 0 Å². The summed E-state index contributed by atoms with van der Waals surface area (Å²) < 4.78 is 5.56. The van der Waals surface area contributed by atoms with E-state index in [9.17, 15) is 0 Å². The van der Waals surface area contributed by atoms with Crippen molar-refractivity contribution in [3.63, 3.8) is 0 Å². The summed E-state index contributed by atoms with van der Waals surface area (Å²) in [5.41, 5.74) is 8.25. The molecule has 0 radical (unpaired) electrons. The van der Waals surface area contributed by atoms with Crippen molar-refractivity contribution in [1.29, 1.82) is 0 Å². The summed E-state index contributed by atoms with van der Waals surface area (Å²) in [5.74, 6) is 0.792. The Morgan fingerprint density at radius 1 is 1.29 bits per heavy atom. The molecule has 4 heteroatoms. The molecule has 0 saturated heterocycles. The lowest BCUT2D eigenvalue weighted by atomic mass is 10.2. The van der Waals surface area contributed by atoms with Crippen LogP contribution < -0.4 is 4.74 Å². The van der Waals surface area contributed by atoms with Crippen molar-refractivity contribution in [3.8, 4) is 5.75 Å². The summed E-state index contributed by atoms with van der Waals surface area (Å²) in [5, 5.41) is 3.58. The molecule has 0 spiro atoms. The molecule has 0 saturated carbocycles. The van der Waals surface area contributed by atoms with Crippen molar-refractivity contribution in [1.82, 2.24) is 0 Å². The van der Waals surface area contributed by atoms with Crippen molar-refractivity contribution in [2.45, 2.75) is 26.0 Å². The Morgan fingerprint density at radius 2 is 1.93 bits per heavy atom. The van der Waals surface area contributed by atoms with Gasteiger partial charge in [0.25, 0.3) is 0 Å². The smallest absolute Gasteiger partial charge is 0.119 e. The van der Waals surface area contributed by atoms with Gasteiger partial charge in [0.2, 0.25) is 0 Å². The standard InChI is InChI=1S/C10H13N3O/c1-8(12-13-11)9(2)14-10-6-4-3-5-7-10/h3-9H,1-2H3. The normalized spacial score (nSPS) is 13.9. The quantitative estimate of drug-likeness (QED) is 0.409. The molecular formula is C10H13N3O. The highest BCUT2D eigenvalue weighted by molar-refractivity contribution is 5.21. The Kier molecular flexibility index (Phi) is 3.83. The first-order chi connectivity index (χ1) is 6.74. The lowest BCUT2D eigenvalue weighted by Crippen LogP contribution is -2.23. The number of hydrogen-bond donors (Lipinski definition) is 0. The molecule has 1 aromatic rings. The van der Waals surface area contributed by atoms with E-state index in [-0.39, 0.29) is 12.1 Å². The molecule has 0 aromatic heterocycles. The Bertz CT molecular complexity index is 319. The molecule has 0 heterocycles. The summed E-state index contributed by atoms with van der Waals surface area (Å²) in [7, 11) is 0. The van der Waals surface area contributed by atoms with Crippen molar-refractivity contribution in [2.75, 3.05) is 0 Å². The molecule has 0 bridgehead atoms. The second kappa shape index (κ2) is 5.14. The van der Waals surface area contributed by atoms with E-state index in [2.05, 4.69) is 10.0 Å². The van der Waals surface area contributed by atoms with Crippen LogP contribution in [0.25, 0.3) is 10.4 Å². The molecule has 0 amide bonds. The number of benzene rings is 1. The zero-order valence-corrected chi connectivity index (χ0v) is 8.29. The Balaban J connectivity index is 2.57. The van der Waals surface area contributed by atoms with Crippen molar-refractivity contribution in [3.05, 3.63) is 40.8 Å². The van der Waals surface area contributed by atoms with Gasteiger partial charge in [0, 0.05) is 4.91 Å². The van der Waals surface area contributed by atoms with E-state index in [1.165, 1.54) is 0 Å². The predicted molar refractivity (Wildman–Crippen MR) is 55.1 cm³/mol. The first-order valence-corrected chi connectivity index (χ1v) is 4.50. The van der Waals surface area contributed by atoms with Gasteiger partial charge in [0.05, 0.1) is 6.04 Å². The van der Waals surface area contributed by atoms with E-state index in [1.54, 1.807) is 0 Å². The number of nitrogens with zero attached hydrogens (tertiary/aromatic N) is 3. The lowest BCUT2D eigenvalue weighted by molar-refractivity contribution is 0.196. The van der Waals surface area contributed by atoms with Crippen LogP contribution in [0.1, 0.15) is 13.8 Å². The first kappa shape index (κ1) is 10.4. The van der Waals surface area contributed by atoms with Gasteiger partial charge in [0.15, 0.2) is 0 Å². The fourth-order valence-corrected chi connectivity index (χ4v) is 0.988. The Hall–Kier alpha value is -1.67. The fourth-order valence-electron chi connectivity index (χ4n) is 0.988. The van der Waals surface area contributed by atoms with Gasteiger partial charge in [-0.25, -0.2) is 0 Å². The number of azide groups is 1. The molecule has 4 nitrogen and oxygen atoms in total. The highest BCUT2D eigenvalue weighted by Crippen LogP contribution is 2.13. The molecule has 1 aromatic carbocycles. The van der Waals surface area contributed by atoms with Crippen LogP contribution in [-0.4, -0.2) is 12.1 Å². The Labute approximate surface area is 83.1 Å². The van der Waals surface area contributed by atoms with Gasteiger partial charge in [-0.05, 0) is 24.6 Å². The molecule has 74 valence electrons. The predicted octanol–water partition coefficient (Wildman–Crippen LogP) is 3.15. The van der Waals surface area contributed by atoms with E-state index >= 15 is 0 Å². The third-order valence-electron chi connectivity index (χ3n) is 1.98. The van der Waals surface area contributed by atoms with Gasteiger partial charge in [-0.15, -0.1) is 0 Å². The number of rotatable bonds is 4. The monoisotopic (exact) mass is 191 g/mol. The second-order valence-corrected chi connectivity index (χ2v) is 3.08. The molecule has 2 atom stereocenters. The Morgan fingerprint density at radius 3 is 2.50 bits per heavy atom. The van der Waals surface area contributed by atoms with Crippen LogP contribution >= 0.6 is 0 Å². The summed E-state index contributed by atoms with van der Waals surface area (Å²) in [6.07, 6.45) is -0.117. The van der Waals surface area contributed by atoms with Gasteiger partial charge in [-0.2, -0.15) is 0 Å². The summed E-state index contributed by atoms with van der Waals surface area (Å²) in [6.45, 7) is 3.71. The summed E-state index contributed by atoms with van der Waals surface area (Å²) in [6, 6.07) is 9.31. The average Bonchev–Trinajstić information content (AvgIpc) is 2.19. The van der Waals surface area contributed by atoms with E-state index in [1.807, 2.05) is 44.2 Å². The third kappa shape index (κ3) is 2.99. The highest BCUT2D eigenvalue weighted by Gasteiger charge is 2.11. The maximum atomic E-state index is 8.25. The number of ether oxygens (including phenoxy) is 1. The maximum Gasteiger partial charge on any atom is 0.119 e. The minimum absolute atomic E-state index is 0.117. The molecule has 0 aliphatic carbocycles. The van der Waals surface area contributed by atoms with Crippen LogP contribution in [0.4, 0.5) is 0 Å². The van der Waals surface area contributed by atoms with E-state index in [0.29, 0.717) is 0 Å². The lowest BCUT2D eigenvalue weighted by Gasteiger charge is -2.17.